The number of methoxy groups -OCH3 is 2. The maximum Gasteiger partial charge on any atom is 0.411 e. The Morgan fingerprint density at radius 3 is 1.59 bits per heavy atom. The van der Waals surface area contributed by atoms with Crippen LogP contribution in [0.3, 0.4) is 0 Å². The maximum atomic E-state index is 14.5. The van der Waals surface area contributed by atoms with Crippen LogP contribution >= 0.6 is 12.0 Å². The molecular formula is C29H22F6O11S3. The lowest BCUT2D eigenvalue weighted by molar-refractivity contribution is -0.432. The molecule has 0 fully saturated rings. The van der Waals surface area contributed by atoms with E-state index in [4.69, 9.17) is 19.5 Å². The molecule has 0 aromatic heterocycles. The Labute approximate surface area is 278 Å². The summed E-state index contributed by atoms with van der Waals surface area (Å²) in [4.78, 5) is -2.21. The summed E-state index contributed by atoms with van der Waals surface area (Å²) in [5.74, 6) is -1.09. The van der Waals surface area contributed by atoms with Crippen molar-refractivity contribution in [2.75, 3.05) is 14.2 Å². The highest BCUT2D eigenvalue weighted by molar-refractivity contribution is 7.94. The Hall–Kier alpha value is -4.05. The van der Waals surface area contributed by atoms with Gasteiger partial charge in [0.25, 0.3) is 10.1 Å². The van der Waals surface area contributed by atoms with Crippen molar-refractivity contribution in [3.05, 3.63) is 96.1 Å². The van der Waals surface area contributed by atoms with Gasteiger partial charge in [0, 0.05) is 0 Å². The lowest BCUT2D eigenvalue weighted by Gasteiger charge is -2.38. The van der Waals surface area contributed by atoms with Crippen LogP contribution in [0.5, 0.6) is 23.0 Å². The van der Waals surface area contributed by atoms with Gasteiger partial charge in [-0.15, -0.1) is 4.33 Å². The smallest absolute Gasteiger partial charge is 0.411 e. The van der Waals surface area contributed by atoms with E-state index in [1.165, 1.54) is 20.3 Å². The van der Waals surface area contributed by atoms with E-state index in [2.05, 4.69) is 9.37 Å². The molecule has 0 amide bonds. The zero-order valence-corrected chi connectivity index (χ0v) is 27.1. The summed E-state index contributed by atoms with van der Waals surface area (Å²) < 4.78 is 168. The normalized spacial score (nSPS) is 12.9. The van der Waals surface area contributed by atoms with Crippen molar-refractivity contribution in [1.29, 1.82) is 0 Å². The summed E-state index contributed by atoms with van der Waals surface area (Å²) in [6.45, 7) is 0. The number of rotatable bonds is 12. The third-order valence-electron chi connectivity index (χ3n) is 6.99. The summed E-state index contributed by atoms with van der Waals surface area (Å²) in [7, 11) is -7.36. The van der Waals surface area contributed by atoms with E-state index in [1.807, 2.05) is 0 Å². The van der Waals surface area contributed by atoms with Crippen LogP contribution in [0.15, 0.2) is 105 Å². The van der Waals surface area contributed by atoms with Crippen LogP contribution in [0.2, 0.25) is 0 Å². The van der Waals surface area contributed by atoms with Crippen molar-refractivity contribution in [2.45, 2.75) is 37.3 Å². The van der Waals surface area contributed by atoms with Gasteiger partial charge in [0.05, 0.1) is 40.9 Å². The fourth-order valence-corrected chi connectivity index (χ4v) is 7.36. The predicted molar refractivity (Wildman–Crippen MR) is 158 cm³/mol. The molecule has 0 bridgehead atoms. The third-order valence-corrected chi connectivity index (χ3v) is 10.2. The van der Waals surface area contributed by atoms with Crippen molar-refractivity contribution in [1.82, 2.24) is 0 Å². The second-order valence-electron chi connectivity index (χ2n) is 9.73. The summed E-state index contributed by atoms with van der Waals surface area (Å²) >= 11 is 0.366. The van der Waals surface area contributed by atoms with E-state index in [9.17, 15) is 47.7 Å². The number of ether oxygens (including phenoxy) is 3. The molecule has 11 nitrogen and oxygen atoms in total. The van der Waals surface area contributed by atoms with Crippen molar-refractivity contribution >= 4 is 32.0 Å². The topological polar surface area (TPSA) is 155 Å². The van der Waals surface area contributed by atoms with Gasteiger partial charge in [-0.25, -0.2) is 13.7 Å². The second kappa shape index (κ2) is 14.1. The zero-order valence-electron chi connectivity index (χ0n) is 24.6. The highest BCUT2D eigenvalue weighted by Gasteiger charge is 2.72. The molecule has 4 aromatic rings. The van der Waals surface area contributed by atoms with E-state index < -0.39 is 75.0 Å². The first-order valence-corrected chi connectivity index (χ1v) is 16.7. The quantitative estimate of drug-likeness (QED) is 0.0486. The van der Waals surface area contributed by atoms with Crippen LogP contribution in [0.1, 0.15) is 11.1 Å². The van der Waals surface area contributed by atoms with E-state index in [-0.39, 0.29) is 16.4 Å². The number of halogens is 6. The molecule has 20 heteroatoms. The molecule has 0 aliphatic rings. The van der Waals surface area contributed by atoms with Gasteiger partial charge in [-0.1, -0.05) is 29.3 Å². The first-order chi connectivity index (χ1) is 22.8. The van der Waals surface area contributed by atoms with Crippen LogP contribution in [-0.4, -0.2) is 53.2 Å². The summed E-state index contributed by atoms with van der Waals surface area (Å²) in [6.07, 6.45) is -11.8. The number of hydrogen-bond acceptors (Lipinski definition) is 11. The molecule has 264 valence electrons. The Morgan fingerprint density at radius 1 is 0.653 bits per heavy atom. The van der Waals surface area contributed by atoms with Crippen LogP contribution < -0.4 is 14.2 Å². The van der Waals surface area contributed by atoms with E-state index in [1.54, 1.807) is 0 Å². The number of benzene rings is 4. The van der Waals surface area contributed by atoms with Gasteiger partial charge in [0.15, 0.2) is 0 Å². The van der Waals surface area contributed by atoms with Crippen molar-refractivity contribution in [3.63, 3.8) is 0 Å². The summed E-state index contributed by atoms with van der Waals surface area (Å²) in [6, 6.07) is 11.0. The van der Waals surface area contributed by atoms with Gasteiger partial charge in [0.1, 0.15) is 27.9 Å². The Morgan fingerprint density at radius 2 is 1.14 bits per heavy atom. The van der Waals surface area contributed by atoms with Gasteiger partial charge < -0.3 is 14.2 Å². The molecule has 0 atom stereocenters. The highest BCUT2D eigenvalue weighted by atomic mass is 32.2. The van der Waals surface area contributed by atoms with Gasteiger partial charge in [0.2, 0.25) is 15.3 Å². The largest absolute Gasteiger partial charge is 0.497 e. The SMILES string of the molecule is COc1ccc(C(c2ccc(Oc3ccc(S(=O)(=O)c4ccc(OC)c(SOOO)c4)cc3S(=O)(=O)O)cc2)(C(F)(F)F)C(F)(F)F)cc1. The highest BCUT2D eigenvalue weighted by Crippen LogP contribution is 2.56. The standard InChI is InChI=1S/C29H22F6O11S3/c1-42-19-7-3-17(4-8-19)27(28(30,31)32,29(33,34)35)18-5-9-20(10-6-18)44-24-14-12-22(16-26(24)49(39,40)41)48(37,38)21-11-13-23(43-2)25(15-21)47-46-45-36/h3-16,36H,1-2H3,(H,39,40,41). The molecule has 4 rings (SSSR count). The molecule has 2 N–H and O–H groups in total. The molecule has 0 radical (unpaired) electrons. The van der Waals surface area contributed by atoms with Crippen molar-refractivity contribution < 1.29 is 76.6 Å². The first-order valence-electron chi connectivity index (χ1n) is 13.1. The molecule has 4 aromatic carbocycles. The lowest BCUT2D eigenvalue weighted by Crippen LogP contribution is -2.54. The molecular weight excluding hydrogens is 734 g/mol. The number of hydrogen-bond donors (Lipinski definition) is 2. The number of alkyl halides is 6. The van der Waals surface area contributed by atoms with Gasteiger partial charge >= 0.3 is 12.4 Å². The van der Waals surface area contributed by atoms with Crippen LogP contribution in [0, 0.1) is 0 Å². The molecule has 49 heavy (non-hydrogen) atoms. The molecule has 0 spiro atoms. The predicted octanol–water partition coefficient (Wildman–Crippen LogP) is 7.41. The monoisotopic (exact) mass is 756 g/mol. The molecule has 0 unspecified atom stereocenters. The molecule has 0 aliphatic heterocycles. The minimum Gasteiger partial charge on any atom is -0.497 e. The molecule has 0 saturated heterocycles. The average molecular weight is 757 g/mol. The average Bonchev–Trinajstić information content (AvgIpc) is 3.03. The van der Waals surface area contributed by atoms with E-state index in [0.717, 1.165) is 36.4 Å². The lowest BCUT2D eigenvalue weighted by atomic mass is 9.73. The Bertz CT molecular complexity index is 2000. The van der Waals surface area contributed by atoms with E-state index >= 15 is 0 Å². The van der Waals surface area contributed by atoms with Gasteiger partial charge in [-0.05, 0) is 71.8 Å². The second-order valence-corrected chi connectivity index (χ2v) is 13.8. The van der Waals surface area contributed by atoms with Crippen molar-refractivity contribution in [2.24, 2.45) is 0 Å². The van der Waals surface area contributed by atoms with Crippen LogP contribution in [0.4, 0.5) is 26.3 Å². The van der Waals surface area contributed by atoms with E-state index in [0.29, 0.717) is 54.5 Å². The Balaban J connectivity index is 1.76. The molecule has 0 saturated carbocycles. The zero-order chi connectivity index (χ0) is 36.4. The first kappa shape index (κ1) is 37.8. The fourth-order valence-electron chi connectivity index (χ4n) is 4.74. The Kier molecular flexibility index (Phi) is 10.8. The third kappa shape index (κ3) is 7.44. The van der Waals surface area contributed by atoms with Crippen molar-refractivity contribution in [3.8, 4) is 23.0 Å². The summed E-state index contributed by atoms with van der Waals surface area (Å²) in [5.41, 5.74) is -6.92. The molecule has 0 heterocycles. The number of sulfone groups is 1. The van der Waals surface area contributed by atoms with Crippen LogP contribution in [-0.2, 0) is 34.7 Å². The fraction of sp³-hybridized carbons (Fsp3) is 0.172. The minimum atomic E-state index is -5.90. The maximum absolute atomic E-state index is 14.5. The molecule has 0 aliphatic carbocycles. The summed E-state index contributed by atoms with van der Waals surface area (Å²) in [5, 5.41) is 11.9. The van der Waals surface area contributed by atoms with Gasteiger partial charge in [-0.3, -0.25) is 4.55 Å². The van der Waals surface area contributed by atoms with Gasteiger partial charge in [-0.2, -0.15) is 34.8 Å². The van der Waals surface area contributed by atoms with Crippen LogP contribution in [0.25, 0.3) is 0 Å². The minimum absolute atomic E-state index is 0.00286.